The molecule has 0 aliphatic heterocycles. The molecule has 2 heterocycles. The van der Waals surface area contributed by atoms with Gasteiger partial charge in [-0.15, -0.1) is 0 Å². The number of methoxy groups -OCH3 is 3. The molecule has 9 heteroatoms. The van der Waals surface area contributed by atoms with Crippen molar-refractivity contribution in [2.75, 3.05) is 26.6 Å². The molecule has 198 valence electrons. The van der Waals surface area contributed by atoms with Gasteiger partial charge in [-0.05, 0) is 55.3 Å². The lowest BCUT2D eigenvalue weighted by Crippen LogP contribution is -2.23. The van der Waals surface area contributed by atoms with E-state index >= 15 is 0 Å². The largest absolute Gasteiger partial charge is 0.493 e. The van der Waals surface area contributed by atoms with E-state index < -0.39 is 5.25 Å². The summed E-state index contributed by atoms with van der Waals surface area (Å²) in [5, 5.41) is 13.0. The van der Waals surface area contributed by atoms with Crippen molar-refractivity contribution in [1.82, 2.24) is 9.97 Å². The van der Waals surface area contributed by atoms with Crippen molar-refractivity contribution in [1.29, 1.82) is 5.26 Å². The first-order chi connectivity index (χ1) is 18.9. The Morgan fingerprint density at radius 1 is 0.974 bits per heavy atom. The molecule has 0 fully saturated rings. The number of carbonyl (C=O) groups is 1. The molecular formula is C30H28N4O4S. The van der Waals surface area contributed by atoms with Gasteiger partial charge in [0.2, 0.25) is 11.7 Å². The molecular weight excluding hydrogens is 512 g/mol. The zero-order chi connectivity index (χ0) is 27.9. The van der Waals surface area contributed by atoms with E-state index in [-0.39, 0.29) is 5.91 Å². The number of rotatable bonds is 9. The first-order valence-corrected chi connectivity index (χ1v) is 13.0. The molecule has 2 aromatic heterocycles. The van der Waals surface area contributed by atoms with E-state index in [9.17, 15) is 10.1 Å². The van der Waals surface area contributed by atoms with Crippen molar-refractivity contribution >= 4 is 23.5 Å². The van der Waals surface area contributed by atoms with Crippen LogP contribution in [0.3, 0.4) is 0 Å². The van der Waals surface area contributed by atoms with Crippen LogP contribution in [0.1, 0.15) is 18.1 Å². The Bertz CT molecular complexity index is 1510. The number of amides is 1. The van der Waals surface area contributed by atoms with Gasteiger partial charge in [-0.3, -0.25) is 4.79 Å². The molecule has 1 unspecified atom stereocenters. The van der Waals surface area contributed by atoms with Gasteiger partial charge in [0.25, 0.3) is 0 Å². The van der Waals surface area contributed by atoms with E-state index in [4.69, 9.17) is 19.2 Å². The van der Waals surface area contributed by atoms with Crippen LogP contribution >= 0.6 is 11.8 Å². The van der Waals surface area contributed by atoms with Gasteiger partial charge >= 0.3 is 0 Å². The number of ether oxygens (including phenoxy) is 3. The van der Waals surface area contributed by atoms with Crippen LogP contribution < -0.4 is 19.5 Å². The first-order valence-electron chi connectivity index (χ1n) is 12.1. The summed E-state index contributed by atoms with van der Waals surface area (Å²) >= 11 is 1.21. The number of pyridine rings is 2. The summed E-state index contributed by atoms with van der Waals surface area (Å²) in [6.07, 6.45) is 1.64. The van der Waals surface area contributed by atoms with Crippen LogP contribution in [0.2, 0.25) is 0 Å². The maximum atomic E-state index is 13.0. The Balaban J connectivity index is 1.82. The predicted octanol–water partition coefficient (Wildman–Crippen LogP) is 6.14. The highest BCUT2D eigenvalue weighted by molar-refractivity contribution is 8.00. The number of benzene rings is 2. The van der Waals surface area contributed by atoms with Crippen LogP contribution in [0.5, 0.6) is 17.2 Å². The molecule has 4 aromatic rings. The van der Waals surface area contributed by atoms with E-state index in [1.165, 1.54) is 18.9 Å². The molecule has 8 nitrogen and oxygen atoms in total. The molecule has 0 spiro atoms. The lowest BCUT2D eigenvalue weighted by molar-refractivity contribution is -0.115. The van der Waals surface area contributed by atoms with Crippen LogP contribution in [0.15, 0.2) is 71.9 Å². The number of hydrogen-bond donors (Lipinski definition) is 1. The number of thioether (sulfide) groups is 1. The topological polar surface area (TPSA) is 106 Å². The number of carbonyl (C=O) groups excluding carboxylic acids is 1. The van der Waals surface area contributed by atoms with Gasteiger partial charge in [0, 0.05) is 17.3 Å². The van der Waals surface area contributed by atoms with E-state index in [2.05, 4.69) is 16.4 Å². The van der Waals surface area contributed by atoms with Gasteiger partial charge in [0.1, 0.15) is 16.9 Å². The minimum atomic E-state index is -0.564. The zero-order valence-corrected chi connectivity index (χ0v) is 23.1. The number of nitrogens with zero attached hydrogens (tertiary/aromatic N) is 3. The van der Waals surface area contributed by atoms with Gasteiger partial charge in [0.05, 0.1) is 37.8 Å². The van der Waals surface area contributed by atoms with E-state index in [1.54, 1.807) is 45.5 Å². The first kappa shape index (κ1) is 27.5. The maximum Gasteiger partial charge on any atom is 0.238 e. The van der Waals surface area contributed by atoms with Gasteiger partial charge in [0.15, 0.2) is 11.5 Å². The quantitative estimate of drug-likeness (QED) is 0.253. The number of aromatic nitrogens is 2. The monoisotopic (exact) mass is 540 g/mol. The predicted molar refractivity (Wildman–Crippen MR) is 152 cm³/mol. The second kappa shape index (κ2) is 12.3. The highest BCUT2D eigenvalue weighted by Crippen LogP contribution is 2.43. The third-order valence-electron chi connectivity index (χ3n) is 5.97. The summed E-state index contributed by atoms with van der Waals surface area (Å²) < 4.78 is 16.6. The highest BCUT2D eigenvalue weighted by Gasteiger charge is 2.23. The average Bonchev–Trinajstić information content (AvgIpc) is 2.96. The van der Waals surface area contributed by atoms with Crippen LogP contribution in [0.4, 0.5) is 5.82 Å². The molecule has 1 N–H and O–H groups in total. The van der Waals surface area contributed by atoms with Gasteiger partial charge in [-0.25, -0.2) is 9.97 Å². The molecule has 0 saturated carbocycles. The van der Waals surface area contributed by atoms with E-state index in [0.717, 1.165) is 11.1 Å². The van der Waals surface area contributed by atoms with Crippen molar-refractivity contribution in [3.8, 4) is 45.7 Å². The smallest absolute Gasteiger partial charge is 0.238 e. The Hall–Kier alpha value is -4.55. The fourth-order valence-corrected chi connectivity index (χ4v) is 4.91. The summed E-state index contributed by atoms with van der Waals surface area (Å²) in [5.41, 5.74) is 4.17. The van der Waals surface area contributed by atoms with Crippen LogP contribution in [0, 0.1) is 18.3 Å². The zero-order valence-electron chi connectivity index (χ0n) is 22.3. The van der Waals surface area contributed by atoms with Crippen LogP contribution in [-0.2, 0) is 4.79 Å². The fourth-order valence-electron chi connectivity index (χ4n) is 3.99. The summed E-state index contributed by atoms with van der Waals surface area (Å²) in [4.78, 5) is 22.1. The Morgan fingerprint density at radius 3 is 2.26 bits per heavy atom. The van der Waals surface area contributed by atoms with Gasteiger partial charge in [-0.1, -0.05) is 42.1 Å². The van der Waals surface area contributed by atoms with Crippen molar-refractivity contribution in [2.24, 2.45) is 0 Å². The van der Waals surface area contributed by atoms with E-state index in [0.29, 0.717) is 50.5 Å². The SMILES string of the molecule is COc1cc(-c2cc(-c3ccccc3)nc(SC(C)C(=O)Nc3cc(C)ccn3)c2C#N)cc(OC)c1OC. The second-order valence-corrected chi connectivity index (χ2v) is 9.92. The number of aryl methyl sites for hydroxylation is 1. The number of nitriles is 1. The van der Waals surface area contributed by atoms with Gasteiger partial charge in [-0.2, -0.15) is 5.26 Å². The summed E-state index contributed by atoms with van der Waals surface area (Å²) in [7, 11) is 4.62. The molecule has 2 aromatic carbocycles. The molecule has 4 rings (SSSR count). The van der Waals surface area contributed by atoms with Crippen LogP contribution in [-0.4, -0.2) is 42.5 Å². The van der Waals surface area contributed by atoms with Crippen molar-refractivity contribution in [2.45, 2.75) is 24.1 Å². The van der Waals surface area contributed by atoms with E-state index in [1.807, 2.05) is 49.4 Å². The molecule has 0 radical (unpaired) electrons. The van der Waals surface area contributed by atoms with Crippen LogP contribution in [0.25, 0.3) is 22.4 Å². The fraction of sp³-hybridized carbons (Fsp3) is 0.200. The van der Waals surface area contributed by atoms with Crippen molar-refractivity contribution in [3.63, 3.8) is 0 Å². The molecule has 1 atom stereocenters. The number of anilines is 1. The van der Waals surface area contributed by atoms with Gasteiger partial charge < -0.3 is 19.5 Å². The molecule has 0 aliphatic carbocycles. The summed E-state index contributed by atoms with van der Waals surface area (Å²) in [6, 6.07) is 21.1. The normalized spacial score (nSPS) is 11.3. The summed E-state index contributed by atoms with van der Waals surface area (Å²) in [5.74, 6) is 1.59. The second-order valence-electron chi connectivity index (χ2n) is 8.59. The molecule has 0 aliphatic rings. The Labute approximate surface area is 232 Å². The lowest BCUT2D eigenvalue weighted by atomic mass is 9.98. The van der Waals surface area contributed by atoms with Crippen molar-refractivity contribution in [3.05, 3.63) is 78.0 Å². The minimum Gasteiger partial charge on any atom is -0.493 e. The number of hydrogen-bond acceptors (Lipinski definition) is 8. The standard InChI is InChI=1S/C30H28N4O4S/c1-18-11-12-32-27(13-18)34-29(35)19(2)39-30-23(17-31)22(16-24(33-30)20-9-7-6-8-10-20)21-14-25(36-3)28(38-5)26(15-21)37-4/h6-16,19H,1-5H3,(H,32,34,35). The third kappa shape index (κ3) is 6.13. The average molecular weight is 541 g/mol. The molecule has 0 bridgehead atoms. The summed E-state index contributed by atoms with van der Waals surface area (Å²) in [6.45, 7) is 3.70. The molecule has 0 saturated heterocycles. The Kier molecular flexibility index (Phi) is 8.69. The molecule has 1 amide bonds. The lowest BCUT2D eigenvalue weighted by Gasteiger charge is -2.18. The molecule has 39 heavy (non-hydrogen) atoms. The van der Waals surface area contributed by atoms with Crippen molar-refractivity contribution < 1.29 is 19.0 Å². The number of nitrogens with one attached hydrogen (secondary N) is 1. The Morgan fingerprint density at radius 2 is 1.67 bits per heavy atom. The maximum absolute atomic E-state index is 13.0. The minimum absolute atomic E-state index is 0.247. The third-order valence-corrected chi connectivity index (χ3v) is 7.05. The highest BCUT2D eigenvalue weighted by atomic mass is 32.2.